The number of nitro benzene ring substituents is 1. The van der Waals surface area contributed by atoms with Crippen molar-refractivity contribution in [2.75, 3.05) is 18.8 Å². The molecule has 0 atom stereocenters. The standard InChI is InChI=1S/C15H23N3O3S/c1-11(2)6-9-22-14-5-4-12(10-13(14)18(20)21)15(19)17-8-3-7-16/h4-5,10-11H,3,6-9,16H2,1-2H3,(H,17,19). The SMILES string of the molecule is CC(C)CCSc1ccc(C(=O)NCCCN)cc1[N+](=O)[O-]. The van der Waals surface area contributed by atoms with Gasteiger partial charge in [-0.25, -0.2) is 0 Å². The molecule has 1 aromatic carbocycles. The predicted molar refractivity (Wildman–Crippen MR) is 89.3 cm³/mol. The molecule has 6 nitrogen and oxygen atoms in total. The molecule has 122 valence electrons. The van der Waals surface area contributed by atoms with Crippen LogP contribution in [0.1, 0.15) is 37.0 Å². The molecule has 0 aromatic heterocycles. The quantitative estimate of drug-likeness (QED) is 0.315. The van der Waals surface area contributed by atoms with E-state index in [4.69, 9.17) is 5.73 Å². The summed E-state index contributed by atoms with van der Waals surface area (Å²) in [6.45, 7) is 5.19. The highest BCUT2D eigenvalue weighted by atomic mass is 32.2. The van der Waals surface area contributed by atoms with Gasteiger partial charge in [-0.05, 0) is 43.2 Å². The van der Waals surface area contributed by atoms with Crippen LogP contribution in [0, 0.1) is 16.0 Å². The largest absolute Gasteiger partial charge is 0.352 e. The number of nitrogens with zero attached hydrogens (tertiary/aromatic N) is 1. The summed E-state index contributed by atoms with van der Waals surface area (Å²) in [4.78, 5) is 23.3. The Morgan fingerprint density at radius 2 is 2.18 bits per heavy atom. The van der Waals surface area contributed by atoms with Crippen LogP contribution >= 0.6 is 11.8 Å². The summed E-state index contributed by atoms with van der Waals surface area (Å²) in [7, 11) is 0. The number of nitrogens with one attached hydrogen (secondary N) is 1. The van der Waals surface area contributed by atoms with E-state index in [9.17, 15) is 14.9 Å². The number of nitro groups is 1. The van der Waals surface area contributed by atoms with Gasteiger partial charge in [-0.15, -0.1) is 11.8 Å². The molecule has 0 unspecified atom stereocenters. The van der Waals surface area contributed by atoms with Crippen LogP contribution in [0.25, 0.3) is 0 Å². The number of carbonyl (C=O) groups is 1. The highest BCUT2D eigenvalue weighted by Gasteiger charge is 2.17. The molecule has 1 aromatic rings. The second-order valence-corrected chi connectivity index (χ2v) is 6.51. The Labute approximate surface area is 135 Å². The molecule has 0 aliphatic carbocycles. The number of hydrogen-bond donors (Lipinski definition) is 2. The number of benzene rings is 1. The third-order valence-corrected chi connectivity index (χ3v) is 4.13. The number of carbonyl (C=O) groups excluding carboxylic acids is 1. The van der Waals surface area contributed by atoms with E-state index in [1.165, 1.54) is 17.8 Å². The van der Waals surface area contributed by atoms with Crippen molar-refractivity contribution in [2.24, 2.45) is 11.7 Å². The van der Waals surface area contributed by atoms with E-state index in [1.807, 2.05) is 0 Å². The topological polar surface area (TPSA) is 98.3 Å². The average molecular weight is 325 g/mol. The molecule has 1 amide bonds. The van der Waals surface area contributed by atoms with E-state index in [0.29, 0.717) is 35.9 Å². The third kappa shape index (κ3) is 6.03. The number of rotatable bonds is 9. The Kier molecular flexibility index (Phi) is 7.90. The fourth-order valence-corrected chi connectivity index (χ4v) is 2.99. The zero-order valence-corrected chi connectivity index (χ0v) is 13.8. The summed E-state index contributed by atoms with van der Waals surface area (Å²) in [5, 5.41) is 13.9. The molecule has 0 aliphatic rings. The summed E-state index contributed by atoms with van der Waals surface area (Å²) >= 11 is 1.46. The van der Waals surface area contributed by atoms with Crippen LogP contribution < -0.4 is 11.1 Å². The van der Waals surface area contributed by atoms with E-state index in [1.54, 1.807) is 12.1 Å². The minimum absolute atomic E-state index is 0.0137. The highest BCUT2D eigenvalue weighted by molar-refractivity contribution is 7.99. The van der Waals surface area contributed by atoms with Gasteiger partial charge in [-0.3, -0.25) is 14.9 Å². The molecule has 7 heteroatoms. The van der Waals surface area contributed by atoms with Crippen molar-refractivity contribution in [3.8, 4) is 0 Å². The van der Waals surface area contributed by atoms with Gasteiger partial charge in [0.05, 0.1) is 9.82 Å². The second-order valence-electron chi connectivity index (χ2n) is 5.37. The first-order valence-electron chi connectivity index (χ1n) is 7.35. The maximum Gasteiger partial charge on any atom is 0.283 e. The van der Waals surface area contributed by atoms with Crippen molar-refractivity contribution in [1.82, 2.24) is 5.32 Å². The lowest BCUT2D eigenvalue weighted by Gasteiger charge is -2.08. The molecule has 3 N–H and O–H groups in total. The Balaban J connectivity index is 2.80. The van der Waals surface area contributed by atoms with Crippen LogP contribution in [-0.2, 0) is 0 Å². The summed E-state index contributed by atoms with van der Waals surface area (Å²) in [5.74, 6) is 1.06. The fourth-order valence-electron chi connectivity index (χ4n) is 1.73. The Morgan fingerprint density at radius 1 is 1.45 bits per heavy atom. The monoisotopic (exact) mass is 325 g/mol. The van der Waals surface area contributed by atoms with Gasteiger partial charge in [0.1, 0.15) is 0 Å². The van der Waals surface area contributed by atoms with Gasteiger partial charge in [-0.1, -0.05) is 13.8 Å². The van der Waals surface area contributed by atoms with Crippen molar-refractivity contribution in [1.29, 1.82) is 0 Å². The highest BCUT2D eigenvalue weighted by Crippen LogP contribution is 2.31. The van der Waals surface area contributed by atoms with Gasteiger partial charge >= 0.3 is 0 Å². The average Bonchev–Trinajstić information content (AvgIpc) is 2.47. The van der Waals surface area contributed by atoms with Crippen LogP contribution in [0.15, 0.2) is 23.1 Å². The summed E-state index contributed by atoms with van der Waals surface area (Å²) < 4.78 is 0. The Morgan fingerprint density at radius 3 is 2.77 bits per heavy atom. The van der Waals surface area contributed by atoms with E-state index in [0.717, 1.165) is 12.2 Å². The summed E-state index contributed by atoms with van der Waals surface area (Å²) in [6.07, 6.45) is 1.67. The third-order valence-electron chi connectivity index (χ3n) is 3.04. The van der Waals surface area contributed by atoms with Crippen molar-refractivity contribution < 1.29 is 9.72 Å². The van der Waals surface area contributed by atoms with Crippen LogP contribution in [-0.4, -0.2) is 29.7 Å². The van der Waals surface area contributed by atoms with Gasteiger partial charge in [0.2, 0.25) is 0 Å². The molecule has 0 aliphatic heterocycles. The van der Waals surface area contributed by atoms with E-state index in [-0.39, 0.29) is 11.6 Å². The second kappa shape index (κ2) is 9.42. The van der Waals surface area contributed by atoms with Crippen molar-refractivity contribution in [3.63, 3.8) is 0 Å². The number of thioether (sulfide) groups is 1. The molecule has 0 saturated heterocycles. The first kappa shape index (κ1) is 18.4. The molecule has 22 heavy (non-hydrogen) atoms. The lowest BCUT2D eigenvalue weighted by Crippen LogP contribution is -2.26. The minimum Gasteiger partial charge on any atom is -0.352 e. The molecular weight excluding hydrogens is 302 g/mol. The Hall–Kier alpha value is -1.60. The number of hydrogen-bond acceptors (Lipinski definition) is 5. The first-order chi connectivity index (χ1) is 10.5. The lowest BCUT2D eigenvalue weighted by molar-refractivity contribution is -0.387. The van der Waals surface area contributed by atoms with Crippen LogP contribution in [0.3, 0.4) is 0 Å². The van der Waals surface area contributed by atoms with Gasteiger partial charge in [0, 0.05) is 18.2 Å². The zero-order chi connectivity index (χ0) is 16.5. The van der Waals surface area contributed by atoms with Gasteiger partial charge in [-0.2, -0.15) is 0 Å². The van der Waals surface area contributed by atoms with Gasteiger partial charge in [0.15, 0.2) is 0 Å². The molecule has 0 fully saturated rings. The molecular formula is C15H23N3O3S. The number of amides is 1. The van der Waals surface area contributed by atoms with Crippen LogP contribution in [0.2, 0.25) is 0 Å². The lowest BCUT2D eigenvalue weighted by atomic mass is 10.2. The van der Waals surface area contributed by atoms with Gasteiger partial charge in [0.25, 0.3) is 11.6 Å². The predicted octanol–water partition coefficient (Wildman–Crippen LogP) is 2.81. The van der Waals surface area contributed by atoms with Crippen LogP contribution in [0.5, 0.6) is 0 Å². The minimum atomic E-state index is -0.436. The smallest absolute Gasteiger partial charge is 0.283 e. The van der Waals surface area contributed by atoms with Crippen molar-refractivity contribution in [2.45, 2.75) is 31.6 Å². The maximum atomic E-state index is 11.9. The van der Waals surface area contributed by atoms with Gasteiger partial charge < -0.3 is 11.1 Å². The summed E-state index contributed by atoms with van der Waals surface area (Å²) in [5.41, 5.74) is 5.65. The molecule has 0 heterocycles. The molecule has 1 rings (SSSR count). The molecule has 0 radical (unpaired) electrons. The normalized spacial score (nSPS) is 10.7. The Bertz CT molecular complexity index is 521. The van der Waals surface area contributed by atoms with E-state index in [2.05, 4.69) is 19.2 Å². The summed E-state index contributed by atoms with van der Waals surface area (Å²) in [6, 6.07) is 4.62. The molecule has 0 bridgehead atoms. The molecule has 0 saturated carbocycles. The zero-order valence-electron chi connectivity index (χ0n) is 13.0. The first-order valence-corrected chi connectivity index (χ1v) is 8.33. The van der Waals surface area contributed by atoms with Crippen molar-refractivity contribution in [3.05, 3.63) is 33.9 Å². The number of nitrogens with two attached hydrogens (primary N) is 1. The fraction of sp³-hybridized carbons (Fsp3) is 0.533. The molecule has 0 spiro atoms. The van der Waals surface area contributed by atoms with Crippen LogP contribution in [0.4, 0.5) is 5.69 Å². The maximum absolute atomic E-state index is 11.9. The van der Waals surface area contributed by atoms with Crippen molar-refractivity contribution >= 4 is 23.4 Å². The van der Waals surface area contributed by atoms with E-state index < -0.39 is 4.92 Å². The van der Waals surface area contributed by atoms with E-state index >= 15 is 0 Å².